The Morgan fingerprint density at radius 2 is 2.11 bits per heavy atom. The molecule has 0 aliphatic rings. The molecule has 0 fully saturated rings. The van der Waals surface area contributed by atoms with Crippen molar-refractivity contribution in [3.05, 3.63) is 22.4 Å². The third kappa shape index (κ3) is 5.52. The number of hydrogen-bond donors (Lipinski definition) is 3. The van der Waals surface area contributed by atoms with Crippen molar-refractivity contribution in [3.8, 4) is 0 Å². The van der Waals surface area contributed by atoms with E-state index in [9.17, 15) is 14.4 Å². The summed E-state index contributed by atoms with van der Waals surface area (Å²) in [5.41, 5.74) is 0. The van der Waals surface area contributed by atoms with Gasteiger partial charge in [0.25, 0.3) is 0 Å². The van der Waals surface area contributed by atoms with Crippen LogP contribution >= 0.6 is 11.3 Å². The van der Waals surface area contributed by atoms with E-state index in [1.807, 2.05) is 24.4 Å². The number of urea groups is 1. The van der Waals surface area contributed by atoms with Gasteiger partial charge in [-0.15, -0.1) is 11.3 Å². The molecule has 0 spiro atoms. The number of carboxylic acids is 1. The maximum atomic E-state index is 11.6. The molecule has 7 heteroatoms. The van der Waals surface area contributed by atoms with Crippen LogP contribution in [0.1, 0.15) is 37.1 Å². The fourth-order valence-corrected chi connectivity index (χ4v) is 2.33. The predicted molar refractivity (Wildman–Crippen MR) is 70.9 cm³/mol. The Balaban J connectivity index is 2.41. The maximum absolute atomic E-state index is 11.6. The lowest BCUT2D eigenvalue weighted by atomic mass is 10.2. The highest BCUT2D eigenvalue weighted by Gasteiger charge is 2.15. The molecule has 1 atom stereocenters. The summed E-state index contributed by atoms with van der Waals surface area (Å²) >= 11 is 1.53. The third-order valence-corrected chi connectivity index (χ3v) is 3.41. The van der Waals surface area contributed by atoms with Crippen molar-refractivity contribution in [2.24, 2.45) is 0 Å². The topological polar surface area (TPSA) is 95.5 Å². The second-order valence-corrected chi connectivity index (χ2v) is 4.87. The van der Waals surface area contributed by atoms with E-state index in [2.05, 4.69) is 10.6 Å². The second-order valence-electron chi connectivity index (χ2n) is 3.89. The lowest BCUT2D eigenvalue weighted by Gasteiger charge is -2.15. The molecule has 6 nitrogen and oxygen atoms in total. The number of imide groups is 1. The molecule has 0 saturated carbocycles. The summed E-state index contributed by atoms with van der Waals surface area (Å²) in [6.45, 7) is 1.93. The SMILES string of the molecule is CCC(NC(=O)NC(=O)CCC(=O)O)c1cccs1. The minimum absolute atomic E-state index is 0.146. The molecule has 104 valence electrons. The quantitative estimate of drug-likeness (QED) is 0.743. The molecule has 19 heavy (non-hydrogen) atoms. The predicted octanol–water partition coefficient (Wildman–Crippen LogP) is 1.89. The van der Waals surface area contributed by atoms with Crippen LogP contribution in [0.4, 0.5) is 4.79 Å². The van der Waals surface area contributed by atoms with Crippen LogP contribution in [0, 0.1) is 0 Å². The van der Waals surface area contributed by atoms with Crippen molar-refractivity contribution in [1.29, 1.82) is 0 Å². The van der Waals surface area contributed by atoms with Gasteiger partial charge in [-0.25, -0.2) is 4.79 Å². The largest absolute Gasteiger partial charge is 0.481 e. The van der Waals surface area contributed by atoms with Crippen LogP contribution in [-0.4, -0.2) is 23.0 Å². The summed E-state index contributed by atoms with van der Waals surface area (Å²) in [6, 6.07) is 3.05. The number of hydrogen-bond acceptors (Lipinski definition) is 4. The molecule has 1 aromatic heterocycles. The fourth-order valence-electron chi connectivity index (χ4n) is 1.47. The summed E-state index contributed by atoms with van der Waals surface area (Å²) in [5.74, 6) is -1.67. The first-order valence-corrected chi connectivity index (χ1v) is 6.76. The van der Waals surface area contributed by atoms with Crippen LogP contribution in [0.15, 0.2) is 17.5 Å². The van der Waals surface area contributed by atoms with Gasteiger partial charge < -0.3 is 10.4 Å². The molecule has 0 aliphatic heterocycles. The highest BCUT2D eigenvalue weighted by molar-refractivity contribution is 7.10. The lowest BCUT2D eigenvalue weighted by molar-refractivity contribution is -0.138. The average Bonchev–Trinajstić information content (AvgIpc) is 2.87. The highest BCUT2D eigenvalue weighted by atomic mass is 32.1. The monoisotopic (exact) mass is 284 g/mol. The molecular formula is C12H16N2O4S. The molecule has 0 saturated heterocycles. The first-order valence-electron chi connectivity index (χ1n) is 5.88. The Labute approximate surface area is 114 Å². The van der Waals surface area contributed by atoms with Gasteiger partial charge in [0.15, 0.2) is 0 Å². The van der Waals surface area contributed by atoms with Gasteiger partial charge in [-0.2, -0.15) is 0 Å². The summed E-state index contributed by atoms with van der Waals surface area (Å²) in [7, 11) is 0. The third-order valence-electron chi connectivity index (χ3n) is 2.42. The van der Waals surface area contributed by atoms with Crippen LogP contribution in [0.25, 0.3) is 0 Å². The standard InChI is InChI=1S/C12H16N2O4S/c1-2-8(9-4-3-7-19-9)13-12(18)14-10(15)5-6-11(16)17/h3-4,7-8H,2,5-6H2,1H3,(H,16,17)(H2,13,14,15,18). The second kappa shape index (κ2) is 7.52. The zero-order valence-electron chi connectivity index (χ0n) is 10.5. The first kappa shape index (κ1) is 15.2. The Morgan fingerprint density at radius 1 is 1.37 bits per heavy atom. The van der Waals surface area contributed by atoms with Gasteiger partial charge in [0.2, 0.25) is 5.91 Å². The molecule has 0 aliphatic carbocycles. The molecule has 0 bridgehead atoms. The number of carboxylic acid groups (broad SMARTS) is 1. The van der Waals surface area contributed by atoms with Gasteiger partial charge >= 0.3 is 12.0 Å². The first-order chi connectivity index (χ1) is 9.02. The Bertz CT molecular complexity index is 445. The van der Waals surface area contributed by atoms with Gasteiger partial charge in [0.1, 0.15) is 0 Å². The molecule has 1 heterocycles. The number of amides is 3. The Kier molecular flexibility index (Phi) is 6.01. The molecule has 3 N–H and O–H groups in total. The number of thiophene rings is 1. The molecule has 1 aromatic rings. The normalized spacial score (nSPS) is 11.6. The van der Waals surface area contributed by atoms with Crippen molar-refractivity contribution < 1.29 is 19.5 Å². The summed E-state index contributed by atoms with van der Waals surface area (Å²) in [6.07, 6.45) is 0.205. The van der Waals surface area contributed by atoms with E-state index in [1.165, 1.54) is 11.3 Å². The summed E-state index contributed by atoms with van der Waals surface area (Å²) in [4.78, 5) is 34.2. The van der Waals surface area contributed by atoms with Gasteiger partial charge in [-0.1, -0.05) is 13.0 Å². The van der Waals surface area contributed by atoms with Crippen LogP contribution in [-0.2, 0) is 9.59 Å². The zero-order chi connectivity index (χ0) is 14.3. The average molecular weight is 284 g/mol. The number of carbonyl (C=O) groups excluding carboxylic acids is 2. The Hall–Kier alpha value is -1.89. The number of carbonyl (C=O) groups is 3. The number of nitrogens with one attached hydrogen (secondary N) is 2. The van der Waals surface area contributed by atoms with E-state index in [0.29, 0.717) is 6.42 Å². The number of aliphatic carboxylic acids is 1. The summed E-state index contributed by atoms with van der Waals surface area (Å²) in [5, 5.41) is 15.1. The van der Waals surface area contributed by atoms with Crippen molar-refractivity contribution in [2.45, 2.75) is 32.2 Å². The molecule has 3 amide bonds. The van der Waals surface area contributed by atoms with E-state index in [-0.39, 0.29) is 18.9 Å². The zero-order valence-corrected chi connectivity index (χ0v) is 11.3. The molecule has 0 radical (unpaired) electrons. The van der Waals surface area contributed by atoms with E-state index in [4.69, 9.17) is 5.11 Å². The minimum Gasteiger partial charge on any atom is -0.481 e. The van der Waals surface area contributed by atoms with E-state index in [0.717, 1.165) is 4.88 Å². The van der Waals surface area contributed by atoms with Gasteiger partial charge in [-0.05, 0) is 17.9 Å². The van der Waals surface area contributed by atoms with E-state index >= 15 is 0 Å². The lowest BCUT2D eigenvalue weighted by Crippen LogP contribution is -2.41. The van der Waals surface area contributed by atoms with Crippen molar-refractivity contribution in [1.82, 2.24) is 10.6 Å². The molecular weight excluding hydrogens is 268 g/mol. The van der Waals surface area contributed by atoms with Crippen LogP contribution < -0.4 is 10.6 Å². The molecule has 1 rings (SSSR count). The molecule has 1 unspecified atom stereocenters. The fraction of sp³-hybridized carbons (Fsp3) is 0.417. The van der Waals surface area contributed by atoms with Crippen LogP contribution in [0.5, 0.6) is 0 Å². The van der Waals surface area contributed by atoms with Crippen molar-refractivity contribution in [3.63, 3.8) is 0 Å². The van der Waals surface area contributed by atoms with Crippen LogP contribution in [0.3, 0.4) is 0 Å². The highest BCUT2D eigenvalue weighted by Crippen LogP contribution is 2.21. The van der Waals surface area contributed by atoms with Gasteiger partial charge in [0.05, 0.1) is 12.5 Å². The van der Waals surface area contributed by atoms with E-state index < -0.39 is 17.9 Å². The maximum Gasteiger partial charge on any atom is 0.321 e. The van der Waals surface area contributed by atoms with Crippen LogP contribution in [0.2, 0.25) is 0 Å². The van der Waals surface area contributed by atoms with Gasteiger partial charge in [0, 0.05) is 11.3 Å². The van der Waals surface area contributed by atoms with Gasteiger partial charge in [-0.3, -0.25) is 14.9 Å². The summed E-state index contributed by atoms with van der Waals surface area (Å²) < 4.78 is 0. The molecule has 0 aromatic carbocycles. The van der Waals surface area contributed by atoms with E-state index in [1.54, 1.807) is 0 Å². The smallest absolute Gasteiger partial charge is 0.321 e. The minimum atomic E-state index is -1.07. The van der Waals surface area contributed by atoms with Crippen molar-refractivity contribution in [2.75, 3.05) is 0 Å². The van der Waals surface area contributed by atoms with Crippen molar-refractivity contribution >= 4 is 29.2 Å². The number of rotatable bonds is 6. The Morgan fingerprint density at radius 3 is 2.63 bits per heavy atom.